The molecule has 1 aromatic heterocycles. The summed E-state index contributed by atoms with van der Waals surface area (Å²) in [5.74, 6) is 0. The molecule has 0 amide bonds. The smallest absolute Gasteiger partial charge is 0.187 e. The number of aromatic nitrogens is 1. The summed E-state index contributed by atoms with van der Waals surface area (Å²) in [6.07, 6.45) is 2.30. The fourth-order valence-corrected chi connectivity index (χ4v) is 4.13. The van der Waals surface area contributed by atoms with Gasteiger partial charge in [-0.15, -0.1) is 0 Å². The fraction of sp³-hybridized carbons (Fsp3) is 0.115. The third kappa shape index (κ3) is 3.49. The molecule has 3 heteroatoms. The zero-order valence-corrected chi connectivity index (χ0v) is 16.2. The molecule has 0 bridgehead atoms. The average Bonchev–Trinajstić information content (AvgIpc) is 2.74. The van der Waals surface area contributed by atoms with Crippen LogP contribution in [0.25, 0.3) is 28.1 Å². The summed E-state index contributed by atoms with van der Waals surface area (Å²) in [5.41, 5.74) is 9.59. The van der Waals surface area contributed by atoms with Crippen molar-refractivity contribution in [2.75, 3.05) is 11.4 Å². The van der Waals surface area contributed by atoms with Crippen LogP contribution in [-0.4, -0.2) is 28.9 Å². The van der Waals surface area contributed by atoms with E-state index in [1.807, 2.05) is 0 Å². The number of rotatable bonds is 2. The maximum Gasteiger partial charge on any atom is 0.187 e. The molecule has 5 rings (SSSR count). The number of aryl methyl sites for hydroxylation is 1. The normalized spacial score (nSPS) is 12.9. The Balaban J connectivity index is 0.00000205. The van der Waals surface area contributed by atoms with Gasteiger partial charge in [0.1, 0.15) is 0 Å². The second-order valence-electron chi connectivity index (χ2n) is 7.48. The van der Waals surface area contributed by atoms with Gasteiger partial charge in [-0.25, -0.2) is 0 Å². The van der Waals surface area contributed by atoms with Crippen molar-refractivity contribution in [2.24, 2.45) is 0 Å². The lowest BCUT2D eigenvalue weighted by atomic mass is 9.94. The Hall–Kier alpha value is -2.86. The maximum atomic E-state index is 4.97. The molecule has 0 aliphatic carbocycles. The molecular formula is C26H25AlN2. The van der Waals surface area contributed by atoms with Crippen LogP contribution in [0, 0.1) is 6.92 Å². The molecule has 0 unspecified atom stereocenters. The van der Waals surface area contributed by atoms with Gasteiger partial charge in [0.25, 0.3) is 0 Å². The van der Waals surface area contributed by atoms with Crippen LogP contribution in [0.5, 0.6) is 0 Å². The van der Waals surface area contributed by atoms with E-state index in [0.717, 1.165) is 17.8 Å². The molecular weight excluding hydrogens is 367 g/mol. The van der Waals surface area contributed by atoms with Gasteiger partial charge >= 0.3 is 0 Å². The summed E-state index contributed by atoms with van der Waals surface area (Å²) in [6, 6.07) is 27.9. The molecule has 0 spiro atoms. The largest absolute Gasteiger partial charge is 0.337 e. The molecule has 2 heterocycles. The van der Waals surface area contributed by atoms with Crippen LogP contribution in [0.2, 0.25) is 0 Å². The van der Waals surface area contributed by atoms with E-state index in [1.54, 1.807) is 0 Å². The predicted octanol–water partition coefficient (Wildman–Crippen LogP) is 5.58. The summed E-state index contributed by atoms with van der Waals surface area (Å²) in [6.45, 7) is 5.19. The lowest BCUT2D eigenvalue weighted by Crippen LogP contribution is -2.23. The molecule has 0 saturated heterocycles. The Labute approximate surface area is 182 Å². The fourth-order valence-electron chi connectivity index (χ4n) is 4.13. The highest BCUT2D eigenvalue weighted by Crippen LogP contribution is 2.40. The Kier molecular flexibility index (Phi) is 5.28. The highest BCUT2D eigenvalue weighted by molar-refractivity contribution is 6.03. The quantitative estimate of drug-likeness (QED) is 0.414. The van der Waals surface area contributed by atoms with Crippen molar-refractivity contribution in [3.63, 3.8) is 0 Å². The Morgan fingerprint density at radius 3 is 2.24 bits per heavy atom. The van der Waals surface area contributed by atoms with Crippen molar-refractivity contribution in [3.8, 4) is 11.1 Å². The molecule has 142 valence electrons. The number of hydrogen-bond acceptors (Lipinski definition) is 2. The minimum Gasteiger partial charge on any atom is -0.337 e. The van der Waals surface area contributed by atoms with Gasteiger partial charge in [-0.3, -0.25) is 4.98 Å². The van der Waals surface area contributed by atoms with Crippen LogP contribution in [0.4, 0.5) is 11.4 Å². The van der Waals surface area contributed by atoms with Crippen LogP contribution in [0.15, 0.2) is 84.4 Å². The first-order chi connectivity index (χ1) is 13.7. The van der Waals surface area contributed by atoms with E-state index in [2.05, 4.69) is 104 Å². The van der Waals surface area contributed by atoms with Crippen molar-refractivity contribution in [1.82, 2.24) is 4.98 Å². The van der Waals surface area contributed by atoms with Crippen LogP contribution in [0.3, 0.4) is 0 Å². The van der Waals surface area contributed by atoms with E-state index >= 15 is 0 Å². The lowest BCUT2D eigenvalue weighted by Gasteiger charge is -2.31. The van der Waals surface area contributed by atoms with Gasteiger partial charge in [-0.1, -0.05) is 60.2 Å². The van der Waals surface area contributed by atoms with Crippen molar-refractivity contribution in [2.45, 2.75) is 13.8 Å². The van der Waals surface area contributed by atoms with Crippen LogP contribution >= 0.6 is 0 Å². The molecule has 0 radical (unpaired) electrons. The van der Waals surface area contributed by atoms with Gasteiger partial charge < -0.3 is 4.90 Å². The van der Waals surface area contributed by atoms with E-state index in [0.29, 0.717) is 0 Å². The number of benzene rings is 3. The van der Waals surface area contributed by atoms with Crippen LogP contribution in [0.1, 0.15) is 18.2 Å². The topological polar surface area (TPSA) is 16.1 Å². The average molecular weight is 392 g/mol. The first-order valence-corrected chi connectivity index (χ1v) is 9.70. The monoisotopic (exact) mass is 392 g/mol. The molecule has 0 atom stereocenters. The van der Waals surface area contributed by atoms with Crippen LogP contribution in [-0.2, 0) is 0 Å². The molecule has 4 aromatic rings. The summed E-state index contributed by atoms with van der Waals surface area (Å²) < 4.78 is 0. The van der Waals surface area contributed by atoms with Gasteiger partial charge in [-0.05, 0) is 55.3 Å². The van der Waals surface area contributed by atoms with E-state index < -0.39 is 0 Å². The second kappa shape index (κ2) is 7.87. The van der Waals surface area contributed by atoms with Gasteiger partial charge in [0.2, 0.25) is 0 Å². The molecule has 1 aliphatic heterocycles. The molecule has 3 aromatic carbocycles. The van der Waals surface area contributed by atoms with E-state index in [9.17, 15) is 0 Å². The molecule has 1 aliphatic rings. The van der Waals surface area contributed by atoms with Crippen LogP contribution < -0.4 is 4.90 Å². The number of pyridine rings is 1. The van der Waals surface area contributed by atoms with E-state index in [4.69, 9.17) is 4.98 Å². The Morgan fingerprint density at radius 1 is 0.828 bits per heavy atom. The molecule has 0 fully saturated rings. The third-order valence-corrected chi connectivity index (χ3v) is 5.37. The van der Waals surface area contributed by atoms with E-state index in [1.165, 1.54) is 39.0 Å². The second-order valence-corrected chi connectivity index (χ2v) is 7.48. The highest BCUT2D eigenvalue weighted by atomic mass is 27.0. The number of para-hydroxylation sites is 1. The minimum atomic E-state index is 0. The van der Waals surface area contributed by atoms with E-state index in [-0.39, 0.29) is 17.4 Å². The van der Waals surface area contributed by atoms with Crippen molar-refractivity contribution in [3.05, 3.63) is 95.7 Å². The highest BCUT2D eigenvalue weighted by Gasteiger charge is 2.21. The Bertz CT molecular complexity index is 1200. The number of hydrogen-bond donors (Lipinski definition) is 0. The number of anilines is 2. The summed E-state index contributed by atoms with van der Waals surface area (Å²) in [5, 5.41) is 1.20. The summed E-state index contributed by atoms with van der Waals surface area (Å²) in [7, 11) is 0. The first kappa shape index (κ1) is 19.5. The van der Waals surface area contributed by atoms with Crippen molar-refractivity contribution in [1.29, 1.82) is 0 Å². The lowest BCUT2D eigenvalue weighted by molar-refractivity contribution is 1.03. The Morgan fingerprint density at radius 2 is 1.52 bits per heavy atom. The molecule has 2 nitrogen and oxygen atoms in total. The first-order valence-electron chi connectivity index (χ1n) is 9.70. The zero-order chi connectivity index (χ0) is 19.1. The summed E-state index contributed by atoms with van der Waals surface area (Å²) in [4.78, 5) is 7.35. The standard InChI is InChI=1S/C26H22N2.Al.3H/c1-18-15-24-25(28(17-18)21-11-7-4-8-12-21)14-13-22-23(16-19(2)27-26(22)24)20-9-5-3-6-10-20;;;;/h3-16H,17H2,1-2H3;;;;. The maximum absolute atomic E-state index is 4.97. The van der Waals surface area contributed by atoms with Gasteiger partial charge in [0.15, 0.2) is 17.4 Å². The summed E-state index contributed by atoms with van der Waals surface area (Å²) >= 11 is 0. The van der Waals surface area contributed by atoms with Gasteiger partial charge in [0, 0.05) is 28.9 Å². The molecule has 29 heavy (non-hydrogen) atoms. The number of nitrogens with zero attached hydrogens (tertiary/aromatic N) is 2. The minimum absolute atomic E-state index is 0. The number of fused-ring (bicyclic) bond motifs is 3. The third-order valence-electron chi connectivity index (χ3n) is 5.37. The van der Waals surface area contributed by atoms with Gasteiger partial charge in [0.05, 0.1) is 11.2 Å². The SMILES string of the molecule is CC1=Cc2c(ccc3c(-c4ccccc4)cc(C)nc23)N(c2ccccc2)C1.[AlH3]. The molecule has 0 saturated carbocycles. The van der Waals surface area contributed by atoms with Gasteiger partial charge in [-0.2, -0.15) is 0 Å². The van der Waals surface area contributed by atoms with Crippen molar-refractivity contribution < 1.29 is 0 Å². The zero-order valence-electron chi connectivity index (χ0n) is 16.2. The van der Waals surface area contributed by atoms with Crippen molar-refractivity contribution >= 4 is 45.7 Å². The molecule has 0 N–H and O–H groups in total. The predicted molar refractivity (Wildman–Crippen MR) is 129 cm³/mol.